The molecular formula is C12H25N3O. The van der Waals surface area contributed by atoms with Crippen molar-refractivity contribution in [2.24, 2.45) is 5.73 Å². The van der Waals surface area contributed by atoms with Crippen LogP contribution in [0.5, 0.6) is 0 Å². The summed E-state index contributed by atoms with van der Waals surface area (Å²) in [5, 5.41) is 0. The molecule has 4 heteroatoms. The first-order valence-electron chi connectivity index (χ1n) is 6.33. The van der Waals surface area contributed by atoms with E-state index in [1.54, 1.807) is 0 Å². The summed E-state index contributed by atoms with van der Waals surface area (Å²) in [6.07, 6.45) is 3.41. The first-order valence-corrected chi connectivity index (χ1v) is 6.33. The molecule has 1 aliphatic rings. The molecule has 0 radical (unpaired) electrons. The van der Waals surface area contributed by atoms with Gasteiger partial charge in [0.05, 0.1) is 6.54 Å². The first kappa shape index (κ1) is 13.5. The molecule has 2 atom stereocenters. The lowest BCUT2D eigenvalue weighted by atomic mass is 10.1. The van der Waals surface area contributed by atoms with Crippen LogP contribution in [-0.4, -0.2) is 54.5 Å². The fourth-order valence-corrected chi connectivity index (χ4v) is 2.52. The van der Waals surface area contributed by atoms with Crippen LogP contribution in [0, 0.1) is 0 Å². The summed E-state index contributed by atoms with van der Waals surface area (Å²) in [7, 11) is 2.01. The van der Waals surface area contributed by atoms with Gasteiger partial charge >= 0.3 is 0 Å². The van der Waals surface area contributed by atoms with Gasteiger partial charge < -0.3 is 10.6 Å². The van der Waals surface area contributed by atoms with Crippen molar-refractivity contribution in [1.82, 2.24) is 9.80 Å². The Hall–Kier alpha value is -0.610. The maximum Gasteiger partial charge on any atom is 0.236 e. The number of carbonyl (C=O) groups excluding carboxylic acids is 1. The topological polar surface area (TPSA) is 49.6 Å². The first-order chi connectivity index (χ1) is 7.60. The number of hydrogen-bond donors (Lipinski definition) is 1. The highest BCUT2D eigenvalue weighted by atomic mass is 16.2. The lowest BCUT2D eigenvalue weighted by molar-refractivity contribution is -0.132. The maximum atomic E-state index is 11.9. The molecule has 0 spiro atoms. The van der Waals surface area contributed by atoms with Gasteiger partial charge in [0.2, 0.25) is 5.91 Å². The van der Waals surface area contributed by atoms with Gasteiger partial charge in [0.25, 0.3) is 0 Å². The van der Waals surface area contributed by atoms with Crippen molar-refractivity contribution in [2.45, 2.75) is 45.2 Å². The minimum atomic E-state index is 0.214. The summed E-state index contributed by atoms with van der Waals surface area (Å²) in [4.78, 5) is 15.9. The van der Waals surface area contributed by atoms with Gasteiger partial charge in [-0.2, -0.15) is 0 Å². The van der Waals surface area contributed by atoms with E-state index >= 15 is 0 Å². The van der Waals surface area contributed by atoms with E-state index in [4.69, 9.17) is 5.73 Å². The Labute approximate surface area is 98.8 Å². The number of nitrogens with zero attached hydrogens (tertiary/aromatic N) is 2. The predicted octanol–water partition coefficient (Wildman–Crippen LogP) is 0.666. The second-order valence-electron chi connectivity index (χ2n) is 4.64. The number of rotatable bonds is 5. The number of carbonyl (C=O) groups is 1. The van der Waals surface area contributed by atoms with Crippen LogP contribution >= 0.6 is 0 Å². The molecule has 1 fully saturated rings. The van der Waals surface area contributed by atoms with Crippen molar-refractivity contribution in [3.05, 3.63) is 0 Å². The molecule has 16 heavy (non-hydrogen) atoms. The highest BCUT2D eigenvalue weighted by molar-refractivity contribution is 5.78. The van der Waals surface area contributed by atoms with E-state index in [-0.39, 0.29) is 11.9 Å². The van der Waals surface area contributed by atoms with Crippen LogP contribution in [0.3, 0.4) is 0 Å². The number of hydrogen-bond acceptors (Lipinski definition) is 3. The molecule has 0 aromatic carbocycles. The van der Waals surface area contributed by atoms with E-state index in [0.717, 1.165) is 25.9 Å². The van der Waals surface area contributed by atoms with E-state index in [1.807, 2.05) is 25.8 Å². The van der Waals surface area contributed by atoms with E-state index in [2.05, 4.69) is 4.90 Å². The van der Waals surface area contributed by atoms with Crippen LogP contribution in [0.1, 0.15) is 33.1 Å². The highest BCUT2D eigenvalue weighted by Crippen LogP contribution is 2.21. The van der Waals surface area contributed by atoms with Crippen molar-refractivity contribution < 1.29 is 4.79 Å². The Morgan fingerprint density at radius 3 is 2.38 bits per heavy atom. The lowest BCUT2D eigenvalue weighted by Gasteiger charge is -2.29. The summed E-state index contributed by atoms with van der Waals surface area (Å²) >= 11 is 0. The van der Waals surface area contributed by atoms with Gasteiger partial charge in [-0.15, -0.1) is 0 Å². The van der Waals surface area contributed by atoms with Crippen molar-refractivity contribution in [1.29, 1.82) is 0 Å². The minimum Gasteiger partial charge on any atom is -0.342 e. The Balaban J connectivity index is 2.43. The fourth-order valence-electron chi connectivity index (χ4n) is 2.52. The third kappa shape index (κ3) is 3.19. The second kappa shape index (κ2) is 6.21. The molecule has 0 bridgehead atoms. The summed E-state index contributed by atoms with van der Waals surface area (Å²) in [5.41, 5.74) is 6.03. The molecule has 1 amide bonds. The minimum absolute atomic E-state index is 0.214. The van der Waals surface area contributed by atoms with Crippen molar-refractivity contribution in [3.63, 3.8) is 0 Å². The van der Waals surface area contributed by atoms with Crippen LogP contribution in [-0.2, 0) is 4.79 Å². The van der Waals surface area contributed by atoms with Crippen LogP contribution in [0.4, 0.5) is 0 Å². The lowest BCUT2D eigenvalue weighted by Crippen LogP contribution is -2.47. The molecule has 0 saturated heterocycles. The third-order valence-corrected chi connectivity index (χ3v) is 3.60. The van der Waals surface area contributed by atoms with Crippen LogP contribution in [0.15, 0.2) is 0 Å². The molecule has 1 rings (SSSR count). The Bertz CT molecular complexity index is 228. The highest BCUT2D eigenvalue weighted by Gasteiger charge is 2.28. The zero-order valence-corrected chi connectivity index (χ0v) is 10.8. The van der Waals surface area contributed by atoms with Crippen LogP contribution < -0.4 is 5.73 Å². The molecule has 1 aliphatic carbocycles. The molecular weight excluding hydrogens is 202 g/mol. The smallest absolute Gasteiger partial charge is 0.236 e. The SMILES string of the molecule is CCN(CC)C(=O)CN(C)C1CCCC1N. The number of nitrogens with two attached hydrogens (primary N) is 1. The zero-order chi connectivity index (χ0) is 12.1. The molecule has 1 saturated carbocycles. The Kier molecular flexibility index (Phi) is 5.22. The Morgan fingerprint density at radius 2 is 1.94 bits per heavy atom. The van der Waals surface area contributed by atoms with Crippen molar-refractivity contribution in [3.8, 4) is 0 Å². The monoisotopic (exact) mass is 227 g/mol. The average Bonchev–Trinajstić information content (AvgIpc) is 2.66. The van der Waals surface area contributed by atoms with E-state index < -0.39 is 0 Å². The van der Waals surface area contributed by atoms with E-state index in [9.17, 15) is 4.79 Å². The van der Waals surface area contributed by atoms with E-state index in [1.165, 1.54) is 6.42 Å². The van der Waals surface area contributed by atoms with Crippen molar-refractivity contribution in [2.75, 3.05) is 26.7 Å². The molecule has 0 aliphatic heterocycles. The number of amides is 1. The van der Waals surface area contributed by atoms with Gasteiger partial charge in [0, 0.05) is 25.2 Å². The average molecular weight is 227 g/mol. The van der Waals surface area contributed by atoms with Crippen molar-refractivity contribution >= 4 is 5.91 Å². The summed E-state index contributed by atoms with van der Waals surface area (Å²) in [6, 6.07) is 0.633. The van der Waals surface area contributed by atoms with Crippen LogP contribution in [0.25, 0.3) is 0 Å². The molecule has 0 aromatic heterocycles. The summed E-state index contributed by atoms with van der Waals surface area (Å²) in [6.45, 7) is 6.12. The van der Waals surface area contributed by atoms with E-state index in [0.29, 0.717) is 12.6 Å². The molecule has 2 unspecified atom stereocenters. The van der Waals surface area contributed by atoms with Gasteiger partial charge in [-0.3, -0.25) is 9.69 Å². The zero-order valence-electron chi connectivity index (χ0n) is 10.8. The molecule has 4 nitrogen and oxygen atoms in total. The third-order valence-electron chi connectivity index (χ3n) is 3.60. The van der Waals surface area contributed by atoms with Gasteiger partial charge in [0.1, 0.15) is 0 Å². The molecule has 2 N–H and O–H groups in total. The summed E-state index contributed by atoms with van der Waals surface area (Å²) in [5.74, 6) is 0.214. The number of likely N-dealkylation sites (N-methyl/N-ethyl adjacent to an activating group) is 2. The van der Waals surface area contributed by atoms with Gasteiger partial charge in [-0.1, -0.05) is 6.42 Å². The predicted molar refractivity (Wildman–Crippen MR) is 66.2 cm³/mol. The standard InChI is InChI=1S/C12H25N3O/c1-4-15(5-2)12(16)9-14(3)11-8-6-7-10(11)13/h10-11H,4-9,13H2,1-3H3. The normalized spacial score (nSPS) is 25.1. The quantitative estimate of drug-likeness (QED) is 0.751. The molecule has 94 valence electrons. The van der Waals surface area contributed by atoms with Crippen LogP contribution in [0.2, 0.25) is 0 Å². The second-order valence-corrected chi connectivity index (χ2v) is 4.64. The fraction of sp³-hybridized carbons (Fsp3) is 0.917. The van der Waals surface area contributed by atoms with Gasteiger partial charge in [-0.05, 0) is 33.7 Å². The summed E-state index contributed by atoms with van der Waals surface area (Å²) < 4.78 is 0. The molecule has 0 aromatic rings. The largest absolute Gasteiger partial charge is 0.342 e. The maximum absolute atomic E-state index is 11.9. The van der Waals surface area contributed by atoms with Gasteiger partial charge in [0.15, 0.2) is 0 Å². The Morgan fingerprint density at radius 1 is 1.31 bits per heavy atom. The molecule has 0 heterocycles. The van der Waals surface area contributed by atoms with Gasteiger partial charge in [-0.25, -0.2) is 0 Å².